The molecule has 0 saturated heterocycles. The van der Waals surface area contributed by atoms with Gasteiger partial charge in [0, 0.05) is 6.20 Å². The molecule has 0 radical (unpaired) electrons. The van der Waals surface area contributed by atoms with Gasteiger partial charge in [-0.3, -0.25) is 0 Å². The molecule has 0 aliphatic rings. The Bertz CT molecular complexity index is 333. The second kappa shape index (κ2) is 5.91. The first-order chi connectivity index (χ1) is 7.49. The van der Waals surface area contributed by atoms with Crippen molar-refractivity contribution < 1.29 is 22.6 Å². The number of hydrogen-bond acceptors (Lipinski definition) is 3. The molecule has 16 heavy (non-hydrogen) atoms. The second-order valence-corrected chi connectivity index (χ2v) is 3.17. The zero-order chi connectivity index (χ0) is 12.0. The molecule has 0 bridgehead atoms. The smallest absolute Gasteiger partial charge is 0.411 e. The van der Waals surface area contributed by atoms with E-state index in [0.29, 0.717) is 5.75 Å². The first-order valence-electron chi connectivity index (χ1n) is 4.37. The average Bonchev–Trinajstić information content (AvgIpc) is 2.18. The predicted octanol–water partition coefficient (Wildman–Crippen LogP) is 2.69. The number of pyridine rings is 1. The molecule has 1 aromatic rings. The van der Waals surface area contributed by atoms with Gasteiger partial charge in [0.2, 0.25) is 0 Å². The fourth-order valence-electron chi connectivity index (χ4n) is 0.877. The number of hydrogen-bond donors (Lipinski definition) is 0. The van der Waals surface area contributed by atoms with Gasteiger partial charge >= 0.3 is 6.18 Å². The van der Waals surface area contributed by atoms with E-state index in [2.05, 4.69) is 9.72 Å². The van der Waals surface area contributed by atoms with Crippen molar-refractivity contribution in [1.82, 2.24) is 4.98 Å². The van der Waals surface area contributed by atoms with Crippen LogP contribution in [-0.4, -0.2) is 31.0 Å². The molecule has 0 fully saturated rings. The number of nitrogens with zero attached hydrogens (tertiary/aromatic N) is 1. The average molecular weight is 256 g/mol. The van der Waals surface area contributed by atoms with E-state index in [-0.39, 0.29) is 18.4 Å². The minimum absolute atomic E-state index is 0.0124. The Morgan fingerprint density at radius 1 is 1.31 bits per heavy atom. The summed E-state index contributed by atoms with van der Waals surface area (Å²) in [6, 6.07) is 3.18. The predicted molar refractivity (Wildman–Crippen MR) is 51.6 cm³/mol. The molecule has 0 atom stereocenters. The Labute approximate surface area is 95.1 Å². The van der Waals surface area contributed by atoms with Crippen LogP contribution in [0.4, 0.5) is 13.2 Å². The lowest BCUT2D eigenvalue weighted by atomic mass is 10.5. The van der Waals surface area contributed by atoms with Crippen LogP contribution in [0, 0.1) is 0 Å². The van der Waals surface area contributed by atoms with E-state index in [1.165, 1.54) is 6.20 Å². The normalized spacial score (nSPS) is 11.5. The second-order valence-electron chi connectivity index (χ2n) is 2.81. The fraction of sp³-hybridized carbons (Fsp3) is 0.444. The summed E-state index contributed by atoms with van der Waals surface area (Å²) in [5.74, 6) is 0.319. The van der Waals surface area contributed by atoms with Gasteiger partial charge in [-0.2, -0.15) is 13.2 Å². The van der Waals surface area contributed by atoms with Gasteiger partial charge in [-0.1, -0.05) is 11.6 Å². The molecule has 7 heteroatoms. The van der Waals surface area contributed by atoms with Crippen LogP contribution in [0.5, 0.6) is 5.75 Å². The van der Waals surface area contributed by atoms with Crippen LogP contribution in [-0.2, 0) is 4.74 Å². The highest BCUT2D eigenvalue weighted by Gasteiger charge is 2.27. The number of ether oxygens (including phenoxy) is 2. The Balaban J connectivity index is 2.19. The van der Waals surface area contributed by atoms with Crippen LogP contribution in [0.15, 0.2) is 18.3 Å². The van der Waals surface area contributed by atoms with Crippen LogP contribution < -0.4 is 4.74 Å². The summed E-state index contributed by atoms with van der Waals surface area (Å²) in [7, 11) is 0. The molecule has 0 amide bonds. The SMILES string of the molecule is FC(F)(F)COCCOc1cccnc1Cl. The van der Waals surface area contributed by atoms with Crippen molar-refractivity contribution in [3.63, 3.8) is 0 Å². The van der Waals surface area contributed by atoms with Crippen molar-refractivity contribution in [3.05, 3.63) is 23.5 Å². The number of halogens is 4. The molecule has 0 aliphatic heterocycles. The van der Waals surface area contributed by atoms with Gasteiger partial charge < -0.3 is 9.47 Å². The van der Waals surface area contributed by atoms with Crippen LogP contribution >= 0.6 is 11.6 Å². The van der Waals surface area contributed by atoms with E-state index in [1.807, 2.05) is 0 Å². The summed E-state index contributed by atoms with van der Waals surface area (Å²) in [6.07, 6.45) is -2.83. The van der Waals surface area contributed by atoms with Gasteiger partial charge in [-0.15, -0.1) is 0 Å². The van der Waals surface area contributed by atoms with E-state index in [1.54, 1.807) is 12.1 Å². The number of rotatable bonds is 5. The monoisotopic (exact) mass is 255 g/mol. The fourth-order valence-corrected chi connectivity index (χ4v) is 1.05. The first kappa shape index (κ1) is 13.1. The topological polar surface area (TPSA) is 31.4 Å². The molecule has 0 aromatic carbocycles. The minimum atomic E-state index is -4.31. The zero-order valence-corrected chi connectivity index (χ0v) is 8.88. The van der Waals surface area contributed by atoms with Crippen molar-refractivity contribution in [2.24, 2.45) is 0 Å². The van der Waals surface area contributed by atoms with E-state index in [0.717, 1.165) is 0 Å². The Morgan fingerprint density at radius 2 is 2.06 bits per heavy atom. The summed E-state index contributed by atoms with van der Waals surface area (Å²) in [4.78, 5) is 3.74. The number of aromatic nitrogens is 1. The van der Waals surface area contributed by atoms with Gasteiger partial charge in [0.25, 0.3) is 0 Å². The Morgan fingerprint density at radius 3 is 2.69 bits per heavy atom. The molecule has 1 rings (SSSR count). The molecule has 0 spiro atoms. The van der Waals surface area contributed by atoms with Gasteiger partial charge in [0.05, 0.1) is 6.61 Å². The lowest BCUT2D eigenvalue weighted by molar-refractivity contribution is -0.175. The number of alkyl halides is 3. The van der Waals surface area contributed by atoms with E-state index in [4.69, 9.17) is 16.3 Å². The van der Waals surface area contributed by atoms with Gasteiger partial charge in [0.1, 0.15) is 13.2 Å². The van der Waals surface area contributed by atoms with E-state index in [9.17, 15) is 13.2 Å². The first-order valence-corrected chi connectivity index (χ1v) is 4.74. The highest BCUT2D eigenvalue weighted by atomic mass is 35.5. The third kappa shape index (κ3) is 5.18. The summed E-state index contributed by atoms with van der Waals surface area (Å²) in [5, 5.41) is 0.165. The maximum atomic E-state index is 11.7. The minimum Gasteiger partial charge on any atom is -0.488 e. The molecular formula is C9H9ClF3NO2. The highest BCUT2D eigenvalue weighted by molar-refractivity contribution is 6.30. The van der Waals surface area contributed by atoms with Gasteiger partial charge in [0.15, 0.2) is 10.9 Å². The largest absolute Gasteiger partial charge is 0.488 e. The van der Waals surface area contributed by atoms with Crippen LogP contribution in [0.3, 0.4) is 0 Å². The zero-order valence-electron chi connectivity index (χ0n) is 8.13. The van der Waals surface area contributed by atoms with Crippen molar-refractivity contribution in [2.45, 2.75) is 6.18 Å². The molecule has 0 unspecified atom stereocenters. The van der Waals surface area contributed by atoms with E-state index >= 15 is 0 Å². The summed E-state index contributed by atoms with van der Waals surface area (Å²) >= 11 is 5.65. The third-order valence-electron chi connectivity index (χ3n) is 1.48. The molecule has 0 saturated carbocycles. The molecule has 3 nitrogen and oxygen atoms in total. The van der Waals surface area contributed by atoms with Crippen molar-refractivity contribution in [1.29, 1.82) is 0 Å². The van der Waals surface area contributed by atoms with E-state index < -0.39 is 12.8 Å². The lowest BCUT2D eigenvalue weighted by Crippen LogP contribution is -2.19. The lowest BCUT2D eigenvalue weighted by Gasteiger charge is -2.09. The van der Waals surface area contributed by atoms with Crippen molar-refractivity contribution in [2.75, 3.05) is 19.8 Å². The molecule has 0 N–H and O–H groups in total. The summed E-state index contributed by atoms with van der Waals surface area (Å²) in [6.45, 7) is -1.46. The molecular weight excluding hydrogens is 247 g/mol. The molecule has 0 aliphatic carbocycles. The highest BCUT2D eigenvalue weighted by Crippen LogP contribution is 2.20. The Hall–Kier alpha value is -1.01. The standard InChI is InChI=1S/C9H9ClF3NO2/c10-8-7(2-1-3-14-8)16-5-4-15-6-9(11,12)13/h1-3H,4-6H2. The van der Waals surface area contributed by atoms with Crippen molar-refractivity contribution >= 4 is 11.6 Å². The third-order valence-corrected chi connectivity index (χ3v) is 1.76. The van der Waals surface area contributed by atoms with Crippen LogP contribution in [0.2, 0.25) is 5.15 Å². The summed E-state index contributed by atoms with van der Waals surface area (Å²) in [5.41, 5.74) is 0. The molecule has 90 valence electrons. The Kier molecular flexibility index (Phi) is 4.82. The summed E-state index contributed by atoms with van der Waals surface area (Å²) < 4.78 is 44.4. The van der Waals surface area contributed by atoms with Crippen molar-refractivity contribution in [3.8, 4) is 5.75 Å². The maximum absolute atomic E-state index is 11.7. The van der Waals surface area contributed by atoms with Crippen LogP contribution in [0.25, 0.3) is 0 Å². The maximum Gasteiger partial charge on any atom is 0.411 e. The van der Waals surface area contributed by atoms with Crippen LogP contribution in [0.1, 0.15) is 0 Å². The molecule has 1 aromatic heterocycles. The van der Waals surface area contributed by atoms with Gasteiger partial charge in [-0.25, -0.2) is 4.98 Å². The quantitative estimate of drug-likeness (QED) is 0.599. The van der Waals surface area contributed by atoms with Gasteiger partial charge in [-0.05, 0) is 12.1 Å². The molecule has 1 heterocycles.